The second-order valence-corrected chi connectivity index (χ2v) is 7.36. The summed E-state index contributed by atoms with van der Waals surface area (Å²) in [5.74, 6) is 3.92. The lowest BCUT2D eigenvalue weighted by Gasteiger charge is -2.06. The van der Waals surface area contributed by atoms with Gasteiger partial charge >= 0.3 is 0 Å². The summed E-state index contributed by atoms with van der Waals surface area (Å²) in [6, 6.07) is 2.19. The molecule has 2 fully saturated rings. The van der Waals surface area contributed by atoms with Crippen molar-refractivity contribution in [2.45, 2.75) is 57.3 Å². The second kappa shape index (κ2) is 5.32. The fraction of sp³-hybridized carbons (Fsp3) is 0.611. The summed E-state index contributed by atoms with van der Waals surface area (Å²) in [6.45, 7) is 8.20. The standard InChI is InChI=1S/C18H24N4O/c1-10(2)15-9-16(22(4)20-15)14-8-13(14)7-11(3)17-19-18(23-21-17)12-5-6-12/h9,11-14H,1,5-8H2,2-4H3. The minimum absolute atomic E-state index is 0.357. The minimum Gasteiger partial charge on any atom is -0.339 e. The minimum atomic E-state index is 0.357. The van der Waals surface area contributed by atoms with Crippen molar-refractivity contribution in [3.63, 3.8) is 0 Å². The molecule has 2 aliphatic rings. The van der Waals surface area contributed by atoms with Crippen LogP contribution in [-0.4, -0.2) is 19.9 Å². The number of rotatable bonds is 6. The Hall–Kier alpha value is -1.91. The Balaban J connectivity index is 1.39. The Kier molecular flexibility index (Phi) is 3.39. The lowest BCUT2D eigenvalue weighted by Crippen LogP contribution is -2.01. The largest absolute Gasteiger partial charge is 0.339 e. The van der Waals surface area contributed by atoms with E-state index in [1.807, 2.05) is 18.7 Å². The molecule has 3 unspecified atom stereocenters. The molecule has 3 atom stereocenters. The molecular formula is C18H24N4O. The Morgan fingerprint density at radius 1 is 1.48 bits per heavy atom. The average Bonchev–Trinajstić information content (AvgIpc) is 3.40. The molecule has 0 aliphatic heterocycles. The SMILES string of the molecule is C=C(C)c1cc(C2CC2CC(C)c2noc(C3CC3)n2)n(C)n1. The van der Waals surface area contributed by atoms with E-state index in [-0.39, 0.29) is 0 Å². The maximum Gasteiger partial charge on any atom is 0.229 e. The Bertz CT molecular complexity index is 740. The van der Waals surface area contributed by atoms with Crippen LogP contribution in [0.2, 0.25) is 0 Å². The first-order valence-electron chi connectivity index (χ1n) is 8.56. The summed E-state index contributed by atoms with van der Waals surface area (Å²) in [5, 5.41) is 8.74. The zero-order valence-corrected chi connectivity index (χ0v) is 14.1. The Morgan fingerprint density at radius 2 is 2.26 bits per heavy atom. The van der Waals surface area contributed by atoms with Crippen molar-refractivity contribution < 1.29 is 4.52 Å². The van der Waals surface area contributed by atoms with Crippen LogP contribution < -0.4 is 0 Å². The zero-order chi connectivity index (χ0) is 16.1. The fourth-order valence-electron chi connectivity index (χ4n) is 3.41. The molecule has 0 radical (unpaired) electrons. The molecule has 2 aliphatic carbocycles. The van der Waals surface area contributed by atoms with Gasteiger partial charge in [0, 0.05) is 30.5 Å². The van der Waals surface area contributed by atoms with Crippen molar-refractivity contribution >= 4 is 5.57 Å². The van der Waals surface area contributed by atoms with Gasteiger partial charge in [-0.05, 0) is 50.2 Å². The van der Waals surface area contributed by atoms with Crippen molar-refractivity contribution in [1.82, 2.24) is 19.9 Å². The molecule has 0 bridgehead atoms. The van der Waals surface area contributed by atoms with E-state index in [9.17, 15) is 0 Å². The molecule has 0 amide bonds. The monoisotopic (exact) mass is 312 g/mol. The summed E-state index contributed by atoms with van der Waals surface area (Å²) >= 11 is 0. The first kappa shape index (κ1) is 14.7. The van der Waals surface area contributed by atoms with E-state index >= 15 is 0 Å². The van der Waals surface area contributed by atoms with E-state index < -0.39 is 0 Å². The number of nitrogens with zero attached hydrogens (tertiary/aromatic N) is 4. The maximum atomic E-state index is 5.39. The lowest BCUT2D eigenvalue weighted by atomic mass is 10.0. The van der Waals surface area contributed by atoms with E-state index in [0.29, 0.717) is 23.7 Å². The third-order valence-corrected chi connectivity index (χ3v) is 5.14. The van der Waals surface area contributed by atoms with Crippen LogP contribution in [0.4, 0.5) is 0 Å². The first-order chi connectivity index (χ1) is 11.0. The first-order valence-corrected chi connectivity index (χ1v) is 8.56. The smallest absolute Gasteiger partial charge is 0.229 e. The van der Waals surface area contributed by atoms with Gasteiger partial charge in [0.15, 0.2) is 5.82 Å². The normalized spacial score (nSPS) is 24.7. The summed E-state index contributed by atoms with van der Waals surface area (Å²) in [7, 11) is 2.03. The van der Waals surface area contributed by atoms with Crippen molar-refractivity contribution in [2.24, 2.45) is 13.0 Å². The highest BCUT2D eigenvalue weighted by Gasteiger charge is 2.42. The van der Waals surface area contributed by atoms with Crippen molar-refractivity contribution in [3.8, 4) is 0 Å². The molecule has 2 heterocycles. The lowest BCUT2D eigenvalue weighted by molar-refractivity contribution is 0.369. The third-order valence-electron chi connectivity index (χ3n) is 5.14. The predicted molar refractivity (Wildman–Crippen MR) is 88.1 cm³/mol. The summed E-state index contributed by atoms with van der Waals surface area (Å²) in [5.41, 5.74) is 3.36. The summed E-state index contributed by atoms with van der Waals surface area (Å²) in [4.78, 5) is 4.59. The van der Waals surface area contributed by atoms with Gasteiger partial charge in [-0.2, -0.15) is 10.1 Å². The van der Waals surface area contributed by atoms with Gasteiger partial charge in [-0.3, -0.25) is 4.68 Å². The Morgan fingerprint density at radius 3 is 2.91 bits per heavy atom. The van der Waals surface area contributed by atoms with Crippen LogP contribution in [0.25, 0.3) is 5.57 Å². The molecule has 122 valence electrons. The zero-order valence-electron chi connectivity index (χ0n) is 14.1. The highest BCUT2D eigenvalue weighted by Crippen LogP contribution is 2.52. The molecule has 0 aromatic carbocycles. The topological polar surface area (TPSA) is 56.7 Å². The van der Waals surface area contributed by atoms with Crippen molar-refractivity contribution in [2.75, 3.05) is 0 Å². The summed E-state index contributed by atoms with van der Waals surface area (Å²) < 4.78 is 7.40. The van der Waals surface area contributed by atoms with Gasteiger partial charge in [0.05, 0.1) is 5.69 Å². The van der Waals surface area contributed by atoms with Crippen LogP contribution >= 0.6 is 0 Å². The van der Waals surface area contributed by atoms with Crippen LogP contribution in [0.15, 0.2) is 17.2 Å². The predicted octanol–water partition coefficient (Wildman–Crippen LogP) is 4.01. The number of aromatic nitrogens is 4. The van der Waals surface area contributed by atoms with Gasteiger partial charge in [0.2, 0.25) is 5.89 Å². The van der Waals surface area contributed by atoms with Crippen molar-refractivity contribution in [1.29, 1.82) is 0 Å². The quantitative estimate of drug-likeness (QED) is 0.808. The highest BCUT2D eigenvalue weighted by atomic mass is 16.5. The molecule has 0 N–H and O–H groups in total. The molecule has 2 saturated carbocycles. The molecule has 4 rings (SSSR count). The van der Waals surface area contributed by atoms with Gasteiger partial charge in [-0.25, -0.2) is 0 Å². The average molecular weight is 312 g/mol. The number of hydrogen-bond acceptors (Lipinski definition) is 4. The maximum absolute atomic E-state index is 5.39. The Labute approximate surface area is 136 Å². The fourth-order valence-corrected chi connectivity index (χ4v) is 3.41. The second-order valence-electron chi connectivity index (χ2n) is 7.36. The van der Waals surface area contributed by atoms with Gasteiger partial charge < -0.3 is 4.52 Å². The summed E-state index contributed by atoms with van der Waals surface area (Å²) in [6.07, 6.45) is 4.74. The number of aryl methyl sites for hydroxylation is 1. The van der Waals surface area contributed by atoms with Gasteiger partial charge in [0.25, 0.3) is 0 Å². The van der Waals surface area contributed by atoms with Crippen LogP contribution in [0.3, 0.4) is 0 Å². The molecule has 2 aromatic heterocycles. The van der Waals surface area contributed by atoms with Crippen LogP contribution in [0, 0.1) is 5.92 Å². The number of hydrogen-bond donors (Lipinski definition) is 0. The van der Waals surface area contributed by atoms with Crippen LogP contribution in [-0.2, 0) is 7.05 Å². The van der Waals surface area contributed by atoms with Crippen LogP contribution in [0.5, 0.6) is 0 Å². The van der Waals surface area contributed by atoms with E-state index in [4.69, 9.17) is 4.52 Å². The van der Waals surface area contributed by atoms with E-state index in [2.05, 4.69) is 34.8 Å². The molecule has 5 heteroatoms. The van der Waals surface area contributed by atoms with E-state index in [1.54, 1.807) is 0 Å². The molecular weight excluding hydrogens is 288 g/mol. The van der Waals surface area contributed by atoms with Gasteiger partial charge in [-0.15, -0.1) is 0 Å². The van der Waals surface area contributed by atoms with E-state index in [1.165, 1.54) is 25.0 Å². The molecule has 0 saturated heterocycles. The highest BCUT2D eigenvalue weighted by molar-refractivity contribution is 5.58. The molecule has 23 heavy (non-hydrogen) atoms. The molecule has 2 aromatic rings. The van der Waals surface area contributed by atoms with Gasteiger partial charge in [0.1, 0.15) is 0 Å². The van der Waals surface area contributed by atoms with Crippen molar-refractivity contribution in [3.05, 3.63) is 35.7 Å². The number of allylic oxidation sites excluding steroid dienone is 1. The van der Waals surface area contributed by atoms with Gasteiger partial charge in [-0.1, -0.05) is 18.7 Å². The van der Waals surface area contributed by atoms with Crippen LogP contribution in [0.1, 0.15) is 80.4 Å². The third kappa shape index (κ3) is 2.84. The van der Waals surface area contributed by atoms with E-state index in [0.717, 1.165) is 29.4 Å². The molecule has 0 spiro atoms. The molecule has 5 nitrogen and oxygen atoms in total.